The average molecular weight is 373 g/mol. The number of benzene rings is 2. The van der Waals surface area contributed by atoms with Gasteiger partial charge in [0.2, 0.25) is 0 Å². The molecule has 0 radical (unpaired) electrons. The summed E-state index contributed by atoms with van der Waals surface area (Å²) in [6.45, 7) is 11.8. The van der Waals surface area contributed by atoms with Crippen LogP contribution in [0.25, 0.3) is 0 Å². The Morgan fingerprint density at radius 3 is 2.19 bits per heavy atom. The molecule has 1 N–H and O–H groups in total. The average Bonchev–Trinajstić information content (AvgIpc) is 2.53. The molecule has 5 heteroatoms. The minimum atomic E-state index is -3.75. The Balaban J connectivity index is 2.50. The number of amidine groups is 1. The van der Waals surface area contributed by atoms with Gasteiger partial charge < -0.3 is 0 Å². The predicted molar refractivity (Wildman–Crippen MR) is 108 cm³/mol. The number of nitrogens with one attached hydrogen (secondary N) is 1. The van der Waals surface area contributed by atoms with Gasteiger partial charge in [-0.3, -0.25) is 9.71 Å². The molecule has 26 heavy (non-hydrogen) atoms. The van der Waals surface area contributed by atoms with Crippen LogP contribution in [0.1, 0.15) is 51.3 Å². The first-order valence-electron chi connectivity index (χ1n) is 8.78. The van der Waals surface area contributed by atoms with Crippen molar-refractivity contribution in [3.05, 3.63) is 65.2 Å². The molecular weight excluding hydrogens is 344 g/mol. The van der Waals surface area contributed by atoms with Crippen molar-refractivity contribution in [1.82, 2.24) is 4.72 Å². The number of aliphatic imine (C=N–C) groups is 1. The van der Waals surface area contributed by atoms with Crippen LogP contribution in [-0.4, -0.2) is 20.3 Å². The molecule has 0 amide bonds. The van der Waals surface area contributed by atoms with Gasteiger partial charge in [0.05, 0.1) is 4.90 Å². The largest absolute Gasteiger partial charge is 0.265 e. The zero-order chi connectivity index (χ0) is 19.5. The van der Waals surface area contributed by atoms with Crippen molar-refractivity contribution >= 4 is 15.9 Å². The Hall–Kier alpha value is -2.14. The molecule has 0 saturated heterocycles. The number of nitrogens with zero attached hydrogens (tertiary/aromatic N) is 1. The van der Waals surface area contributed by atoms with Gasteiger partial charge >= 0.3 is 0 Å². The summed E-state index contributed by atoms with van der Waals surface area (Å²) in [4.78, 5) is 4.77. The molecule has 0 bridgehead atoms. The Labute approximate surface area is 157 Å². The van der Waals surface area contributed by atoms with Crippen molar-refractivity contribution in [2.24, 2.45) is 4.99 Å². The second-order valence-electron chi connectivity index (χ2n) is 7.77. The highest BCUT2D eigenvalue weighted by molar-refractivity contribution is 7.90. The summed E-state index contributed by atoms with van der Waals surface area (Å²) in [5.41, 5.74) is 2.30. The van der Waals surface area contributed by atoms with E-state index in [9.17, 15) is 8.42 Å². The Kier molecular flexibility index (Phi) is 5.91. The fourth-order valence-electron chi connectivity index (χ4n) is 2.55. The lowest BCUT2D eigenvalue weighted by Gasteiger charge is -2.21. The fraction of sp³-hybridized carbons (Fsp3) is 0.381. The zero-order valence-corrected chi connectivity index (χ0v) is 17.2. The first kappa shape index (κ1) is 20.2. The van der Waals surface area contributed by atoms with E-state index in [-0.39, 0.29) is 16.4 Å². The first-order valence-corrected chi connectivity index (χ1v) is 10.3. The van der Waals surface area contributed by atoms with E-state index in [1.54, 1.807) is 6.07 Å². The summed E-state index contributed by atoms with van der Waals surface area (Å²) < 4.78 is 28.9. The van der Waals surface area contributed by atoms with Crippen molar-refractivity contribution in [2.45, 2.75) is 57.9 Å². The maximum absolute atomic E-state index is 13.1. The van der Waals surface area contributed by atoms with Gasteiger partial charge in [-0.1, -0.05) is 63.2 Å². The summed E-state index contributed by atoms with van der Waals surface area (Å²) in [5.74, 6) is 0.362. The van der Waals surface area contributed by atoms with Crippen LogP contribution in [0.4, 0.5) is 0 Å². The molecule has 140 valence electrons. The quantitative estimate of drug-likeness (QED) is 0.638. The maximum Gasteiger partial charge on any atom is 0.263 e. The van der Waals surface area contributed by atoms with Crippen molar-refractivity contribution < 1.29 is 8.42 Å². The van der Waals surface area contributed by atoms with Gasteiger partial charge in [-0.05, 0) is 43.4 Å². The zero-order valence-electron chi connectivity index (χ0n) is 16.4. The van der Waals surface area contributed by atoms with E-state index in [1.807, 2.05) is 63.2 Å². The number of rotatable bonds is 4. The van der Waals surface area contributed by atoms with E-state index < -0.39 is 10.0 Å². The van der Waals surface area contributed by atoms with E-state index in [0.717, 1.165) is 11.1 Å². The van der Waals surface area contributed by atoms with Crippen LogP contribution in [0.15, 0.2) is 58.4 Å². The highest BCUT2D eigenvalue weighted by Gasteiger charge is 2.23. The lowest BCUT2D eigenvalue weighted by atomic mass is 9.87. The van der Waals surface area contributed by atoms with Crippen molar-refractivity contribution in [1.29, 1.82) is 0 Å². The fourth-order valence-corrected chi connectivity index (χ4v) is 3.86. The smallest absolute Gasteiger partial charge is 0.263 e. The van der Waals surface area contributed by atoms with E-state index in [1.165, 1.54) is 0 Å². The molecule has 0 spiro atoms. The Morgan fingerprint density at radius 2 is 1.65 bits per heavy atom. The molecule has 0 unspecified atom stereocenters. The Morgan fingerprint density at radius 1 is 1.04 bits per heavy atom. The number of hydrogen-bond acceptors (Lipinski definition) is 3. The molecule has 2 aromatic rings. The molecule has 4 nitrogen and oxygen atoms in total. The van der Waals surface area contributed by atoms with Crippen LogP contribution in [0, 0.1) is 6.92 Å². The van der Waals surface area contributed by atoms with Gasteiger partial charge in [-0.15, -0.1) is 0 Å². The molecule has 0 saturated carbocycles. The second kappa shape index (κ2) is 7.62. The molecular formula is C21H28N2O2S. The molecule has 0 heterocycles. The predicted octanol–water partition coefficient (Wildman–Crippen LogP) is 4.43. The van der Waals surface area contributed by atoms with Crippen molar-refractivity contribution in [2.75, 3.05) is 0 Å². The molecule has 0 aliphatic carbocycles. The molecule has 2 aromatic carbocycles. The lowest BCUT2D eigenvalue weighted by molar-refractivity contribution is 0.581. The normalized spacial score (nSPS) is 13.1. The van der Waals surface area contributed by atoms with Gasteiger partial charge in [0.1, 0.15) is 5.84 Å². The topological polar surface area (TPSA) is 58.5 Å². The third kappa shape index (κ3) is 4.94. The van der Waals surface area contributed by atoms with Crippen LogP contribution in [0.3, 0.4) is 0 Å². The van der Waals surface area contributed by atoms with Gasteiger partial charge in [0.25, 0.3) is 10.0 Å². The lowest BCUT2D eigenvalue weighted by Crippen LogP contribution is -2.33. The maximum atomic E-state index is 13.1. The number of hydrogen-bond donors (Lipinski definition) is 1. The third-order valence-corrected chi connectivity index (χ3v) is 5.49. The molecule has 0 fully saturated rings. The van der Waals surface area contributed by atoms with Gasteiger partial charge in [-0.25, -0.2) is 8.42 Å². The minimum Gasteiger partial charge on any atom is -0.265 e. The van der Waals surface area contributed by atoms with E-state index >= 15 is 0 Å². The molecule has 0 atom stereocenters. The summed E-state index contributed by atoms with van der Waals surface area (Å²) in [7, 11) is -3.75. The van der Waals surface area contributed by atoms with Gasteiger partial charge in [0, 0.05) is 11.6 Å². The van der Waals surface area contributed by atoms with Crippen LogP contribution in [0.5, 0.6) is 0 Å². The third-order valence-electron chi connectivity index (χ3n) is 4.01. The molecule has 0 aliphatic heterocycles. The number of sulfonamides is 1. The van der Waals surface area contributed by atoms with E-state index in [0.29, 0.717) is 11.4 Å². The van der Waals surface area contributed by atoms with Crippen LogP contribution in [-0.2, 0) is 15.4 Å². The van der Waals surface area contributed by atoms with E-state index in [4.69, 9.17) is 0 Å². The summed E-state index contributed by atoms with van der Waals surface area (Å²) >= 11 is 0. The summed E-state index contributed by atoms with van der Waals surface area (Å²) in [5, 5.41) is 0. The first-order chi connectivity index (χ1) is 12.0. The summed E-state index contributed by atoms with van der Waals surface area (Å²) in [6, 6.07) is 14.9. The highest BCUT2D eigenvalue weighted by Crippen LogP contribution is 2.26. The molecule has 0 aromatic heterocycles. The monoisotopic (exact) mass is 372 g/mol. The van der Waals surface area contributed by atoms with Gasteiger partial charge in [0.15, 0.2) is 0 Å². The van der Waals surface area contributed by atoms with Crippen LogP contribution >= 0.6 is 0 Å². The minimum absolute atomic E-state index is 0.0325. The second-order valence-corrected chi connectivity index (χ2v) is 9.42. The van der Waals surface area contributed by atoms with Crippen LogP contribution < -0.4 is 4.72 Å². The summed E-state index contributed by atoms with van der Waals surface area (Å²) in [6.07, 6.45) is 0. The molecule has 2 rings (SSSR count). The number of aryl methyl sites for hydroxylation is 1. The molecule has 0 aliphatic rings. The standard InChI is InChI=1S/C21H28N2O2S/c1-15(2)22-20(17-10-8-7-9-11-17)23-26(24,25)19-14-18(21(4,5)6)13-12-16(19)3/h7-15H,1-6H3,(H,22,23). The Bertz CT molecular complexity index is 893. The highest BCUT2D eigenvalue weighted by atomic mass is 32.2. The SMILES string of the molecule is Cc1ccc(C(C)(C)C)cc1S(=O)(=O)NC(=NC(C)C)c1ccccc1. The van der Waals surface area contributed by atoms with Crippen molar-refractivity contribution in [3.8, 4) is 0 Å². The van der Waals surface area contributed by atoms with Crippen LogP contribution in [0.2, 0.25) is 0 Å². The van der Waals surface area contributed by atoms with E-state index in [2.05, 4.69) is 30.5 Å². The van der Waals surface area contributed by atoms with Crippen molar-refractivity contribution in [3.63, 3.8) is 0 Å². The van der Waals surface area contributed by atoms with Gasteiger partial charge in [-0.2, -0.15) is 0 Å².